The van der Waals surface area contributed by atoms with Crippen molar-refractivity contribution in [2.45, 2.75) is 13.3 Å². The average Bonchev–Trinajstić information content (AvgIpc) is 2.34. The standard InChI is InChI=1S/C12H15NO5/c1-9-4-5-10(13(15)16)8-11(9)12(14)18-7-3-6-17-2/h4-5,8H,3,6-7H2,1-2H3. The van der Waals surface area contributed by atoms with Gasteiger partial charge in [0, 0.05) is 32.3 Å². The van der Waals surface area contributed by atoms with E-state index in [9.17, 15) is 14.9 Å². The molecule has 98 valence electrons. The van der Waals surface area contributed by atoms with Gasteiger partial charge in [-0.3, -0.25) is 10.1 Å². The Labute approximate surface area is 105 Å². The molecule has 6 nitrogen and oxygen atoms in total. The van der Waals surface area contributed by atoms with Crippen LogP contribution in [0.3, 0.4) is 0 Å². The molecule has 6 heteroatoms. The van der Waals surface area contributed by atoms with Gasteiger partial charge in [0.25, 0.3) is 5.69 Å². The third kappa shape index (κ3) is 3.81. The minimum absolute atomic E-state index is 0.121. The molecule has 1 aromatic carbocycles. The van der Waals surface area contributed by atoms with Gasteiger partial charge in [0.15, 0.2) is 0 Å². The van der Waals surface area contributed by atoms with E-state index in [1.54, 1.807) is 14.0 Å². The first-order chi connectivity index (χ1) is 8.56. The summed E-state index contributed by atoms with van der Waals surface area (Å²) >= 11 is 0. The second-order valence-electron chi connectivity index (χ2n) is 3.74. The molecule has 0 atom stereocenters. The van der Waals surface area contributed by atoms with E-state index in [0.29, 0.717) is 18.6 Å². The lowest BCUT2D eigenvalue weighted by molar-refractivity contribution is -0.384. The van der Waals surface area contributed by atoms with Crippen molar-refractivity contribution in [2.24, 2.45) is 0 Å². The van der Waals surface area contributed by atoms with Crippen LogP contribution >= 0.6 is 0 Å². The molecule has 0 unspecified atom stereocenters. The third-order valence-corrected chi connectivity index (χ3v) is 2.38. The molecule has 18 heavy (non-hydrogen) atoms. The van der Waals surface area contributed by atoms with E-state index >= 15 is 0 Å². The highest BCUT2D eigenvalue weighted by atomic mass is 16.6. The summed E-state index contributed by atoms with van der Waals surface area (Å²) in [6.07, 6.45) is 0.593. The maximum atomic E-state index is 11.7. The van der Waals surface area contributed by atoms with Gasteiger partial charge in [-0.2, -0.15) is 0 Å². The molecule has 0 saturated carbocycles. The number of nitro groups is 1. The molecular weight excluding hydrogens is 238 g/mol. The lowest BCUT2D eigenvalue weighted by Crippen LogP contribution is -2.10. The fraction of sp³-hybridized carbons (Fsp3) is 0.417. The van der Waals surface area contributed by atoms with Crippen LogP contribution in [0.5, 0.6) is 0 Å². The van der Waals surface area contributed by atoms with Crippen LogP contribution in [0.25, 0.3) is 0 Å². The van der Waals surface area contributed by atoms with Crippen LogP contribution in [-0.4, -0.2) is 31.2 Å². The molecule has 0 amide bonds. The van der Waals surface area contributed by atoms with Crippen LogP contribution in [0, 0.1) is 17.0 Å². The number of carbonyl (C=O) groups is 1. The Kier molecular flexibility index (Phi) is 5.26. The first-order valence-corrected chi connectivity index (χ1v) is 5.47. The van der Waals surface area contributed by atoms with E-state index in [1.807, 2.05) is 0 Å². The summed E-state index contributed by atoms with van der Waals surface area (Å²) in [7, 11) is 1.56. The normalized spacial score (nSPS) is 10.1. The number of methoxy groups -OCH3 is 1. The van der Waals surface area contributed by atoms with E-state index in [2.05, 4.69) is 0 Å². The highest BCUT2D eigenvalue weighted by molar-refractivity contribution is 5.91. The number of aryl methyl sites for hydroxylation is 1. The topological polar surface area (TPSA) is 78.7 Å². The first kappa shape index (κ1) is 14.1. The zero-order chi connectivity index (χ0) is 13.5. The molecule has 0 heterocycles. The zero-order valence-electron chi connectivity index (χ0n) is 10.3. The van der Waals surface area contributed by atoms with Gasteiger partial charge < -0.3 is 9.47 Å². The summed E-state index contributed by atoms with van der Waals surface area (Å²) in [6.45, 7) is 2.44. The monoisotopic (exact) mass is 253 g/mol. The number of nitro benzene ring substituents is 1. The summed E-state index contributed by atoms with van der Waals surface area (Å²) < 4.78 is 9.83. The zero-order valence-corrected chi connectivity index (χ0v) is 10.3. The van der Waals surface area contributed by atoms with Gasteiger partial charge in [0.1, 0.15) is 0 Å². The number of ether oxygens (including phenoxy) is 2. The number of non-ortho nitro benzene ring substituents is 1. The predicted octanol–water partition coefficient (Wildman–Crippen LogP) is 2.10. The van der Waals surface area contributed by atoms with Gasteiger partial charge in [0.05, 0.1) is 17.1 Å². The summed E-state index contributed by atoms with van der Waals surface area (Å²) in [6, 6.07) is 4.12. The van der Waals surface area contributed by atoms with Crippen LogP contribution in [0.15, 0.2) is 18.2 Å². The van der Waals surface area contributed by atoms with Crippen molar-refractivity contribution in [1.82, 2.24) is 0 Å². The summed E-state index contributed by atoms with van der Waals surface area (Å²) in [5.74, 6) is -0.549. The van der Waals surface area contributed by atoms with Crippen LogP contribution in [0.1, 0.15) is 22.3 Å². The minimum Gasteiger partial charge on any atom is -0.462 e. The number of esters is 1. The summed E-state index contributed by atoms with van der Waals surface area (Å²) in [4.78, 5) is 21.8. The predicted molar refractivity (Wildman–Crippen MR) is 64.6 cm³/mol. The van der Waals surface area contributed by atoms with Crippen molar-refractivity contribution in [3.05, 3.63) is 39.4 Å². The smallest absolute Gasteiger partial charge is 0.338 e. The van der Waals surface area contributed by atoms with E-state index in [0.717, 1.165) is 0 Å². The molecule has 0 aromatic heterocycles. The average molecular weight is 253 g/mol. The Morgan fingerprint density at radius 1 is 1.39 bits per heavy atom. The van der Waals surface area contributed by atoms with Gasteiger partial charge in [-0.1, -0.05) is 6.07 Å². The number of benzene rings is 1. The van der Waals surface area contributed by atoms with Crippen LogP contribution < -0.4 is 0 Å². The molecule has 1 aromatic rings. The molecule has 0 aliphatic carbocycles. The van der Waals surface area contributed by atoms with Gasteiger partial charge >= 0.3 is 5.97 Å². The lowest BCUT2D eigenvalue weighted by atomic mass is 10.1. The van der Waals surface area contributed by atoms with E-state index < -0.39 is 10.9 Å². The van der Waals surface area contributed by atoms with Gasteiger partial charge in [0.2, 0.25) is 0 Å². The third-order valence-electron chi connectivity index (χ3n) is 2.38. The van der Waals surface area contributed by atoms with E-state index in [-0.39, 0.29) is 17.9 Å². The fourth-order valence-corrected chi connectivity index (χ4v) is 1.39. The molecule has 0 N–H and O–H groups in total. The maximum absolute atomic E-state index is 11.7. The van der Waals surface area contributed by atoms with Gasteiger partial charge in [-0.15, -0.1) is 0 Å². The Hall–Kier alpha value is -1.95. The molecule has 0 saturated heterocycles. The molecule has 1 rings (SSSR count). The molecule has 0 aliphatic rings. The van der Waals surface area contributed by atoms with Crippen molar-refractivity contribution in [2.75, 3.05) is 20.3 Å². The highest BCUT2D eigenvalue weighted by Crippen LogP contribution is 2.18. The molecule has 0 radical (unpaired) electrons. The minimum atomic E-state index is -0.549. The summed E-state index contributed by atoms with van der Waals surface area (Å²) in [5, 5.41) is 10.6. The maximum Gasteiger partial charge on any atom is 0.338 e. The Morgan fingerprint density at radius 3 is 2.72 bits per heavy atom. The molecule has 0 spiro atoms. The van der Waals surface area contributed by atoms with Gasteiger partial charge in [-0.25, -0.2) is 4.79 Å². The highest BCUT2D eigenvalue weighted by Gasteiger charge is 2.15. The number of hydrogen-bond acceptors (Lipinski definition) is 5. The Bertz CT molecular complexity index is 444. The van der Waals surface area contributed by atoms with Crippen LogP contribution in [0.2, 0.25) is 0 Å². The number of rotatable bonds is 6. The largest absolute Gasteiger partial charge is 0.462 e. The second kappa shape index (κ2) is 6.70. The van der Waals surface area contributed by atoms with Gasteiger partial charge in [-0.05, 0) is 12.5 Å². The van der Waals surface area contributed by atoms with Crippen molar-refractivity contribution in [1.29, 1.82) is 0 Å². The number of hydrogen-bond donors (Lipinski definition) is 0. The van der Waals surface area contributed by atoms with E-state index in [4.69, 9.17) is 9.47 Å². The second-order valence-corrected chi connectivity index (χ2v) is 3.74. The molecule has 0 bridgehead atoms. The SMILES string of the molecule is COCCCOC(=O)c1cc([N+](=O)[O-])ccc1C. The number of nitrogens with zero attached hydrogens (tertiary/aromatic N) is 1. The van der Waals surface area contributed by atoms with E-state index in [1.165, 1.54) is 18.2 Å². The fourth-order valence-electron chi connectivity index (χ4n) is 1.39. The molecular formula is C12H15NO5. The van der Waals surface area contributed by atoms with Crippen LogP contribution in [0.4, 0.5) is 5.69 Å². The Morgan fingerprint density at radius 2 is 2.11 bits per heavy atom. The lowest BCUT2D eigenvalue weighted by Gasteiger charge is -2.06. The number of carbonyl (C=O) groups excluding carboxylic acids is 1. The molecule has 0 fully saturated rings. The van der Waals surface area contributed by atoms with Crippen molar-refractivity contribution >= 4 is 11.7 Å². The first-order valence-electron chi connectivity index (χ1n) is 5.47. The Balaban J connectivity index is 2.72. The van der Waals surface area contributed by atoms with Crippen molar-refractivity contribution < 1.29 is 19.2 Å². The van der Waals surface area contributed by atoms with Crippen molar-refractivity contribution in [3.8, 4) is 0 Å². The quantitative estimate of drug-likeness (QED) is 0.336. The summed E-state index contributed by atoms with van der Waals surface area (Å²) in [5.41, 5.74) is 0.753. The molecule has 0 aliphatic heterocycles. The van der Waals surface area contributed by atoms with Crippen molar-refractivity contribution in [3.63, 3.8) is 0 Å². The van der Waals surface area contributed by atoms with Crippen LogP contribution in [-0.2, 0) is 9.47 Å².